The summed E-state index contributed by atoms with van der Waals surface area (Å²) >= 11 is 0. The molecule has 7 nitrogen and oxygen atoms in total. The molecule has 0 atom stereocenters. The van der Waals surface area contributed by atoms with Crippen LogP contribution in [0.5, 0.6) is 0 Å². The highest BCUT2D eigenvalue weighted by molar-refractivity contribution is 5.99. The Bertz CT molecular complexity index is 1610. The number of pyridine rings is 2. The minimum Gasteiger partial charge on any atom is -0.382 e. The molecule has 0 saturated heterocycles. The molecule has 0 spiro atoms. The second-order valence-corrected chi connectivity index (χ2v) is 8.42. The first kappa shape index (κ1) is 20.0. The molecule has 0 aliphatic rings. The van der Waals surface area contributed by atoms with Gasteiger partial charge in [0.25, 0.3) is 0 Å². The van der Waals surface area contributed by atoms with E-state index < -0.39 is 0 Å². The predicted molar refractivity (Wildman–Crippen MR) is 137 cm³/mol. The Morgan fingerprint density at radius 3 is 2.59 bits per heavy atom. The summed E-state index contributed by atoms with van der Waals surface area (Å²) in [6.45, 7) is 0.787. The molecule has 0 fully saturated rings. The van der Waals surface area contributed by atoms with Crippen molar-refractivity contribution in [3.63, 3.8) is 0 Å². The summed E-state index contributed by atoms with van der Waals surface area (Å²) in [5, 5.41) is 9.03. The maximum Gasteiger partial charge on any atom is 0.153 e. The fourth-order valence-corrected chi connectivity index (χ4v) is 4.37. The molecule has 4 N–H and O–H groups in total. The molecule has 34 heavy (non-hydrogen) atoms. The molecule has 7 heteroatoms. The van der Waals surface area contributed by atoms with Crippen LogP contribution < -0.4 is 10.6 Å². The first-order valence-electron chi connectivity index (χ1n) is 11.1. The zero-order valence-electron chi connectivity index (χ0n) is 18.7. The lowest BCUT2D eigenvalue weighted by atomic mass is 10.0. The molecule has 6 aromatic rings. The number of anilines is 2. The number of rotatable bonds is 5. The molecule has 4 aromatic heterocycles. The zero-order chi connectivity index (χ0) is 23.1. The van der Waals surface area contributed by atoms with Gasteiger partial charge < -0.3 is 15.6 Å². The number of hydrogen-bond acceptors (Lipinski definition) is 5. The normalized spacial score (nSPS) is 11.3. The highest BCUT2D eigenvalue weighted by Gasteiger charge is 2.13. The van der Waals surface area contributed by atoms with E-state index in [4.69, 9.17) is 5.73 Å². The molecular formula is C27H23N7. The van der Waals surface area contributed by atoms with Gasteiger partial charge in [-0.05, 0) is 53.1 Å². The fourth-order valence-electron chi connectivity index (χ4n) is 4.37. The minimum atomic E-state index is 0.501. The quantitative estimate of drug-likeness (QED) is 0.331. The van der Waals surface area contributed by atoms with Gasteiger partial charge in [0.1, 0.15) is 11.5 Å². The van der Waals surface area contributed by atoms with Crippen LogP contribution in [0, 0.1) is 0 Å². The average Bonchev–Trinajstić information content (AvgIpc) is 3.48. The molecule has 166 valence electrons. The van der Waals surface area contributed by atoms with Crippen LogP contribution in [0.4, 0.5) is 11.6 Å². The number of benzene rings is 2. The zero-order valence-corrected chi connectivity index (χ0v) is 18.7. The lowest BCUT2D eigenvalue weighted by Gasteiger charge is -2.18. The van der Waals surface area contributed by atoms with Crippen molar-refractivity contribution < 1.29 is 0 Å². The highest BCUT2D eigenvalue weighted by Crippen LogP contribution is 2.34. The number of nitrogens with two attached hydrogens (primary N) is 1. The lowest BCUT2D eigenvalue weighted by molar-refractivity contribution is 0.898. The molecule has 0 saturated carbocycles. The van der Waals surface area contributed by atoms with E-state index in [1.807, 2.05) is 36.7 Å². The van der Waals surface area contributed by atoms with Crippen LogP contribution in [0.2, 0.25) is 0 Å². The summed E-state index contributed by atoms with van der Waals surface area (Å²) in [6.07, 6.45) is 3.67. The van der Waals surface area contributed by atoms with Gasteiger partial charge in [-0.2, -0.15) is 5.10 Å². The van der Waals surface area contributed by atoms with Crippen LogP contribution >= 0.6 is 0 Å². The topological polar surface area (TPSA) is 99.5 Å². The number of aromatic amines is 2. The van der Waals surface area contributed by atoms with E-state index in [0.29, 0.717) is 5.82 Å². The third-order valence-electron chi connectivity index (χ3n) is 6.15. The van der Waals surface area contributed by atoms with Gasteiger partial charge in [-0.3, -0.25) is 5.10 Å². The number of fused-ring (bicyclic) bond motifs is 2. The van der Waals surface area contributed by atoms with Crippen molar-refractivity contribution in [2.24, 2.45) is 0 Å². The SMILES string of the molecule is CN(Cc1ccccc1)c1cc(-c2cc3c(-c4ccc5[nH]nc(N)c5c4)ccnc3[nH]2)ccn1. The van der Waals surface area contributed by atoms with Crippen molar-refractivity contribution in [2.45, 2.75) is 6.54 Å². The van der Waals surface area contributed by atoms with Crippen LogP contribution in [0.15, 0.2) is 85.2 Å². The number of nitrogens with one attached hydrogen (secondary N) is 2. The van der Waals surface area contributed by atoms with Crippen LogP contribution in [0.3, 0.4) is 0 Å². The Morgan fingerprint density at radius 1 is 0.853 bits per heavy atom. The number of aromatic nitrogens is 5. The number of hydrogen-bond donors (Lipinski definition) is 3. The van der Waals surface area contributed by atoms with Crippen molar-refractivity contribution in [1.82, 2.24) is 25.1 Å². The monoisotopic (exact) mass is 445 g/mol. The number of nitrogen functional groups attached to an aromatic ring is 1. The summed E-state index contributed by atoms with van der Waals surface area (Å²) in [5.74, 6) is 1.41. The average molecular weight is 446 g/mol. The van der Waals surface area contributed by atoms with Crippen LogP contribution in [0.25, 0.3) is 44.3 Å². The molecule has 6 rings (SSSR count). The van der Waals surface area contributed by atoms with Crippen molar-refractivity contribution in [3.05, 3.63) is 90.8 Å². The largest absolute Gasteiger partial charge is 0.382 e. The van der Waals surface area contributed by atoms with Crippen molar-refractivity contribution in [1.29, 1.82) is 0 Å². The van der Waals surface area contributed by atoms with Crippen molar-refractivity contribution in [3.8, 4) is 22.4 Å². The second kappa shape index (κ2) is 8.04. The van der Waals surface area contributed by atoms with Gasteiger partial charge in [-0.1, -0.05) is 36.4 Å². The van der Waals surface area contributed by atoms with E-state index in [-0.39, 0.29) is 0 Å². The molecule has 2 aromatic carbocycles. The maximum absolute atomic E-state index is 6.03. The van der Waals surface area contributed by atoms with Gasteiger partial charge >= 0.3 is 0 Å². The number of H-pyrrole nitrogens is 2. The molecule has 0 aliphatic carbocycles. The van der Waals surface area contributed by atoms with Gasteiger partial charge in [0, 0.05) is 48.0 Å². The summed E-state index contributed by atoms with van der Waals surface area (Å²) < 4.78 is 0. The Labute approximate surface area is 196 Å². The minimum absolute atomic E-state index is 0.501. The first-order chi connectivity index (χ1) is 16.7. The van der Waals surface area contributed by atoms with Gasteiger partial charge in [-0.25, -0.2) is 9.97 Å². The Kier molecular flexibility index (Phi) is 4.73. The standard InChI is InChI=1S/C27H23N7/c1-34(16-17-5-3-2-4-6-17)25-14-19(9-11-29-25)24-15-21-20(10-12-30-27(21)31-24)18-7-8-23-22(13-18)26(28)33-32-23/h2-15H,16H2,1H3,(H,30,31)(H3,28,32,33). The molecule has 0 radical (unpaired) electrons. The third kappa shape index (κ3) is 3.53. The molecule has 0 bridgehead atoms. The van der Waals surface area contributed by atoms with Gasteiger partial charge in [0.05, 0.1) is 5.52 Å². The van der Waals surface area contributed by atoms with E-state index in [1.165, 1.54) is 5.56 Å². The molecule has 0 amide bonds. The summed E-state index contributed by atoms with van der Waals surface area (Å²) in [7, 11) is 2.06. The first-order valence-corrected chi connectivity index (χ1v) is 11.1. The lowest BCUT2D eigenvalue weighted by Crippen LogP contribution is -2.17. The van der Waals surface area contributed by atoms with E-state index >= 15 is 0 Å². The van der Waals surface area contributed by atoms with E-state index in [9.17, 15) is 0 Å². The van der Waals surface area contributed by atoms with Gasteiger partial charge in [-0.15, -0.1) is 0 Å². The Balaban J connectivity index is 1.37. The van der Waals surface area contributed by atoms with E-state index in [0.717, 1.165) is 56.7 Å². The van der Waals surface area contributed by atoms with Crippen LogP contribution in [-0.2, 0) is 6.54 Å². The fraction of sp³-hybridized carbons (Fsp3) is 0.0741. The Morgan fingerprint density at radius 2 is 1.71 bits per heavy atom. The van der Waals surface area contributed by atoms with Crippen molar-refractivity contribution >= 4 is 33.6 Å². The molecular weight excluding hydrogens is 422 g/mol. The van der Waals surface area contributed by atoms with E-state index in [2.05, 4.69) is 85.6 Å². The second-order valence-electron chi connectivity index (χ2n) is 8.42. The molecule has 4 heterocycles. The van der Waals surface area contributed by atoms with Gasteiger partial charge in [0.15, 0.2) is 5.82 Å². The summed E-state index contributed by atoms with van der Waals surface area (Å²) in [5.41, 5.74) is 13.2. The summed E-state index contributed by atoms with van der Waals surface area (Å²) in [4.78, 5) is 14.8. The smallest absolute Gasteiger partial charge is 0.153 e. The number of nitrogens with zero attached hydrogens (tertiary/aromatic N) is 4. The van der Waals surface area contributed by atoms with Gasteiger partial charge in [0.2, 0.25) is 0 Å². The van der Waals surface area contributed by atoms with Crippen LogP contribution in [-0.4, -0.2) is 32.2 Å². The van der Waals surface area contributed by atoms with E-state index in [1.54, 1.807) is 0 Å². The summed E-state index contributed by atoms with van der Waals surface area (Å²) in [6, 6.07) is 24.8. The van der Waals surface area contributed by atoms with Crippen molar-refractivity contribution in [2.75, 3.05) is 17.7 Å². The molecule has 0 aliphatic heterocycles. The molecule has 0 unspecified atom stereocenters. The predicted octanol–water partition coefficient (Wildman–Crippen LogP) is 5.39. The Hall–Kier alpha value is -4.65. The highest BCUT2D eigenvalue weighted by atomic mass is 15.2. The van der Waals surface area contributed by atoms with Crippen LogP contribution in [0.1, 0.15) is 5.56 Å². The maximum atomic E-state index is 6.03. The third-order valence-corrected chi connectivity index (χ3v) is 6.15.